The first-order chi connectivity index (χ1) is 8.67. The minimum Gasteiger partial charge on any atom is -0.495 e. The number of hydrogen-bond acceptors (Lipinski definition) is 4. The Hall–Kier alpha value is -1.46. The van der Waals surface area contributed by atoms with Crippen molar-refractivity contribution < 1.29 is 19.0 Å². The lowest BCUT2D eigenvalue weighted by atomic mass is 10.2. The number of benzene rings is 1. The Labute approximate surface area is 110 Å². The minimum absolute atomic E-state index is 0.0762. The van der Waals surface area contributed by atoms with Crippen LogP contribution in [0.15, 0.2) is 12.1 Å². The maximum absolute atomic E-state index is 11.8. The fourth-order valence-electron chi connectivity index (χ4n) is 1.83. The summed E-state index contributed by atoms with van der Waals surface area (Å²) in [7, 11) is 3.07. The molecule has 18 heavy (non-hydrogen) atoms. The molecule has 1 aromatic carbocycles. The Morgan fingerprint density at radius 2 is 2.00 bits per heavy atom. The zero-order valence-electron chi connectivity index (χ0n) is 10.2. The first kappa shape index (κ1) is 13.0. The summed E-state index contributed by atoms with van der Waals surface area (Å²) < 4.78 is 15.5. The number of carbonyl (C=O) groups excluding carboxylic acids is 1. The van der Waals surface area contributed by atoms with E-state index in [2.05, 4.69) is 0 Å². The molecule has 0 atom stereocenters. The Balaban J connectivity index is 2.42. The van der Waals surface area contributed by atoms with Gasteiger partial charge in [0.15, 0.2) is 0 Å². The molecule has 0 unspecified atom stereocenters. The number of nitrogens with zero attached hydrogens (tertiary/aromatic N) is 1. The maximum atomic E-state index is 11.8. The molecular weight excluding hydrogens is 258 g/mol. The van der Waals surface area contributed by atoms with Gasteiger partial charge in [-0.1, -0.05) is 11.6 Å². The van der Waals surface area contributed by atoms with Crippen LogP contribution in [0, 0.1) is 0 Å². The Kier molecular flexibility index (Phi) is 3.93. The molecule has 1 aromatic rings. The van der Waals surface area contributed by atoms with Crippen molar-refractivity contribution >= 4 is 23.2 Å². The maximum Gasteiger partial charge on any atom is 0.253 e. The predicted molar refractivity (Wildman–Crippen MR) is 67.7 cm³/mol. The van der Waals surface area contributed by atoms with E-state index in [1.807, 2.05) is 0 Å². The summed E-state index contributed by atoms with van der Waals surface area (Å²) in [5, 5.41) is 0.438. The standard InChI is InChI=1S/C12H14ClNO4/c1-16-10-6-11(17-2)9(5-8(10)13)14-3-4-18-7-12(14)15/h5-6H,3-4,7H2,1-2H3. The van der Waals surface area contributed by atoms with E-state index in [1.54, 1.807) is 17.0 Å². The molecule has 0 radical (unpaired) electrons. The summed E-state index contributed by atoms with van der Waals surface area (Å²) in [5.41, 5.74) is 0.636. The number of anilines is 1. The van der Waals surface area contributed by atoms with Crippen molar-refractivity contribution in [1.29, 1.82) is 0 Å². The summed E-state index contributed by atoms with van der Waals surface area (Å²) >= 11 is 6.08. The van der Waals surface area contributed by atoms with Gasteiger partial charge in [-0.05, 0) is 6.07 Å². The molecule has 0 aromatic heterocycles. The van der Waals surface area contributed by atoms with Crippen LogP contribution in [0.4, 0.5) is 5.69 Å². The van der Waals surface area contributed by atoms with Crippen molar-refractivity contribution in [3.05, 3.63) is 17.2 Å². The largest absolute Gasteiger partial charge is 0.495 e. The lowest BCUT2D eigenvalue weighted by molar-refractivity contribution is -0.125. The van der Waals surface area contributed by atoms with E-state index in [-0.39, 0.29) is 12.5 Å². The lowest BCUT2D eigenvalue weighted by Crippen LogP contribution is -2.41. The Bertz CT molecular complexity index is 464. The van der Waals surface area contributed by atoms with E-state index in [9.17, 15) is 4.79 Å². The average Bonchev–Trinajstić information content (AvgIpc) is 2.39. The van der Waals surface area contributed by atoms with Crippen LogP contribution < -0.4 is 14.4 Å². The third-order valence-corrected chi connectivity index (χ3v) is 3.03. The number of carbonyl (C=O) groups is 1. The van der Waals surface area contributed by atoms with Crippen molar-refractivity contribution in [1.82, 2.24) is 0 Å². The number of morpholine rings is 1. The van der Waals surface area contributed by atoms with E-state index >= 15 is 0 Å². The van der Waals surface area contributed by atoms with Crippen molar-refractivity contribution in [2.24, 2.45) is 0 Å². The van der Waals surface area contributed by atoms with Crippen molar-refractivity contribution in [2.75, 3.05) is 38.9 Å². The highest BCUT2D eigenvalue weighted by Gasteiger charge is 2.24. The molecule has 2 rings (SSSR count). The zero-order chi connectivity index (χ0) is 13.1. The lowest BCUT2D eigenvalue weighted by Gasteiger charge is -2.28. The van der Waals surface area contributed by atoms with Gasteiger partial charge in [0.1, 0.15) is 18.1 Å². The highest BCUT2D eigenvalue weighted by Crippen LogP contribution is 2.38. The van der Waals surface area contributed by atoms with Crippen LogP contribution in [-0.2, 0) is 9.53 Å². The number of amides is 1. The number of rotatable bonds is 3. The van der Waals surface area contributed by atoms with Gasteiger partial charge in [0.05, 0.1) is 31.5 Å². The molecule has 1 aliphatic rings. The van der Waals surface area contributed by atoms with E-state index in [0.717, 1.165) is 0 Å². The van der Waals surface area contributed by atoms with Crippen LogP contribution >= 0.6 is 11.6 Å². The van der Waals surface area contributed by atoms with Crippen molar-refractivity contribution in [3.63, 3.8) is 0 Å². The third-order valence-electron chi connectivity index (χ3n) is 2.73. The first-order valence-corrected chi connectivity index (χ1v) is 5.84. The summed E-state index contributed by atoms with van der Waals surface area (Å²) in [6.45, 7) is 1.06. The molecule has 1 aliphatic heterocycles. The van der Waals surface area contributed by atoms with Gasteiger partial charge in [0.2, 0.25) is 0 Å². The van der Waals surface area contributed by atoms with Crippen molar-refractivity contribution in [2.45, 2.75) is 0 Å². The van der Waals surface area contributed by atoms with Gasteiger partial charge in [-0.15, -0.1) is 0 Å². The van der Waals surface area contributed by atoms with Gasteiger partial charge in [0.25, 0.3) is 5.91 Å². The molecule has 0 aliphatic carbocycles. The first-order valence-electron chi connectivity index (χ1n) is 5.47. The highest BCUT2D eigenvalue weighted by molar-refractivity contribution is 6.32. The second kappa shape index (κ2) is 5.46. The second-order valence-electron chi connectivity index (χ2n) is 3.76. The van der Waals surface area contributed by atoms with Gasteiger partial charge in [-0.2, -0.15) is 0 Å². The molecule has 0 bridgehead atoms. The van der Waals surface area contributed by atoms with Crippen LogP contribution in [-0.4, -0.2) is 39.9 Å². The molecule has 98 valence electrons. The molecule has 6 heteroatoms. The molecule has 0 N–H and O–H groups in total. The summed E-state index contributed by atoms with van der Waals surface area (Å²) in [5.74, 6) is 0.949. The van der Waals surface area contributed by atoms with Crippen LogP contribution in [0.1, 0.15) is 0 Å². The van der Waals surface area contributed by atoms with E-state index in [1.165, 1.54) is 14.2 Å². The van der Waals surface area contributed by atoms with E-state index in [0.29, 0.717) is 35.4 Å². The van der Waals surface area contributed by atoms with E-state index in [4.69, 9.17) is 25.8 Å². The minimum atomic E-state index is -0.110. The average molecular weight is 272 g/mol. The highest BCUT2D eigenvalue weighted by atomic mass is 35.5. The number of methoxy groups -OCH3 is 2. The Morgan fingerprint density at radius 1 is 1.28 bits per heavy atom. The van der Waals surface area contributed by atoms with Crippen molar-refractivity contribution in [3.8, 4) is 11.5 Å². The van der Waals surface area contributed by atoms with Crippen LogP contribution in [0.25, 0.3) is 0 Å². The fraction of sp³-hybridized carbons (Fsp3) is 0.417. The molecule has 5 nitrogen and oxygen atoms in total. The molecule has 1 heterocycles. The quantitative estimate of drug-likeness (QED) is 0.840. The fourth-order valence-corrected chi connectivity index (χ4v) is 2.06. The van der Waals surface area contributed by atoms with Crippen LogP contribution in [0.2, 0.25) is 5.02 Å². The Morgan fingerprint density at radius 3 is 2.61 bits per heavy atom. The monoisotopic (exact) mass is 271 g/mol. The molecule has 0 spiro atoms. The van der Waals surface area contributed by atoms with Gasteiger partial charge in [0, 0.05) is 12.6 Å². The zero-order valence-corrected chi connectivity index (χ0v) is 11.0. The van der Waals surface area contributed by atoms with Gasteiger partial charge in [-0.3, -0.25) is 4.79 Å². The summed E-state index contributed by atoms with van der Waals surface area (Å²) in [4.78, 5) is 13.4. The molecule has 0 saturated carbocycles. The van der Waals surface area contributed by atoms with E-state index < -0.39 is 0 Å². The topological polar surface area (TPSA) is 48.0 Å². The van der Waals surface area contributed by atoms with Gasteiger partial charge >= 0.3 is 0 Å². The predicted octanol–water partition coefficient (Wildman–Crippen LogP) is 1.72. The third kappa shape index (κ3) is 2.37. The number of ether oxygens (including phenoxy) is 3. The molecule has 1 amide bonds. The smallest absolute Gasteiger partial charge is 0.253 e. The summed E-state index contributed by atoms with van der Waals surface area (Å²) in [6, 6.07) is 3.34. The number of halogens is 1. The number of hydrogen-bond donors (Lipinski definition) is 0. The normalized spacial score (nSPS) is 15.7. The van der Waals surface area contributed by atoms with Gasteiger partial charge in [-0.25, -0.2) is 0 Å². The second-order valence-corrected chi connectivity index (χ2v) is 4.16. The molecule has 1 fully saturated rings. The van der Waals surface area contributed by atoms with Crippen LogP contribution in [0.5, 0.6) is 11.5 Å². The SMILES string of the molecule is COc1cc(OC)c(N2CCOCC2=O)cc1Cl. The van der Waals surface area contributed by atoms with Gasteiger partial charge < -0.3 is 19.1 Å². The molecular formula is C12H14ClNO4. The molecule has 1 saturated heterocycles. The summed E-state index contributed by atoms with van der Waals surface area (Å²) in [6.07, 6.45) is 0. The van der Waals surface area contributed by atoms with Crippen LogP contribution in [0.3, 0.4) is 0 Å².